The van der Waals surface area contributed by atoms with Gasteiger partial charge < -0.3 is 15.4 Å². The molecule has 2 aromatic carbocycles. The molecular weight excluding hydrogens is 336 g/mol. The van der Waals surface area contributed by atoms with E-state index >= 15 is 0 Å². The molecule has 1 fully saturated rings. The Balaban J connectivity index is 1.75. The van der Waals surface area contributed by atoms with Crippen molar-refractivity contribution in [2.45, 2.75) is 38.0 Å². The average Bonchev–Trinajstić information content (AvgIpc) is 2.62. The zero-order chi connectivity index (χ0) is 17.6. The van der Waals surface area contributed by atoms with Crippen molar-refractivity contribution < 1.29 is 9.53 Å². The molecule has 1 aliphatic rings. The number of hydrogen-bond donors (Lipinski definition) is 2. The summed E-state index contributed by atoms with van der Waals surface area (Å²) in [4.78, 5) is 12.9. The first-order valence-electron chi connectivity index (χ1n) is 8.63. The number of ether oxygens (including phenoxy) is 1. The van der Waals surface area contributed by atoms with Gasteiger partial charge in [0.25, 0.3) is 5.91 Å². The molecule has 1 amide bonds. The van der Waals surface area contributed by atoms with E-state index in [4.69, 9.17) is 16.3 Å². The van der Waals surface area contributed by atoms with Gasteiger partial charge in [0.1, 0.15) is 5.75 Å². The molecule has 2 aromatic rings. The third-order valence-electron chi connectivity index (χ3n) is 4.38. The van der Waals surface area contributed by atoms with Gasteiger partial charge in [0.15, 0.2) is 0 Å². The molecule has 132 valence electrons. The summed E-state index contributed by atoms with van der Waals surface area (Å²) < 4.78 is 6.00. The van der Waals surface area contributed by atoms with Crippen molar-refractivity contribution in [3.63, 3.8) is 0 Å². The summed E-state index contributed by atoms with van der Waals surface area (Å²) in [7, 11) is 0. The highest BCUT2D eigenvalue weighted by Gasteiger charge is 2.27. The van der Waals surface area contributed by atoms with Crippen LogP contribution in [0.5, 0.6) is 5.75 Å². The molecule has 0 aromatic heterocycles. The number of piperidine rings is 1. The van der Waals surface area contributed by atoms with Crippen LogP contribution in [-0.4, -0.2) is 24.5 Å². The van der Waals surface area contributed by atoms with E-state index in [1.807, 2.05) is 30.3 Å². The number of rotatable bonds is 5. The first-order valence-corrected chi connectivity index (χ1v) is 9.00. The van der Waals surface area contributed by atoms with Crippen molar-refractivity contribution in [3.05, 3.63) is 65.2 Å². The minimum Gasteiger partial charge on any atom is -0.476 e. The lowest BCUT2D eigenvalue weighted by Crippen LogP contribution is -2.48. The maximum absolute atomic E-state index is 12.9. The summed E-state index contributed by atoms with van der Waals surface area (Å²) in [6, 6.07) is 17.2. The molecule has 3 rings (SSSR count). The highest BCUT2D eigenvalue weighted by atomic mass is 35.5. The number of carbonyl (C=O) groups excluding carboxylic acids is 1. The fourth-order valence-corrected chi connectivity index (χ4v) is 3.22. The van der Waals surface area contributed by atoms with Gasteiger partial charge in [-0.15, -0.1) is 0 Å². The Labute approximate surface area is 153 Å². The molecule has 1 heterocycles. The zero-order valence-corrected chi connectivity index (χ0v) is 15.0. The zero-order valence-electron chi connectivity index (χ0n) is 14.2. The van der Waals surface area contributed by atoms with Gasteiger partial charge >= 0.3 is 0 Å². The van der Waals surface area contributed by atoms with E-state index in [1.165, 1.54) is 0 Å². The maximum Gasteiger partial charge on any atom is 0.266 e. The molecule has 0 saturated carbocycles. The summed E-state index contributed by atoms with van der Waals surface area (Å²) in [6.45, 7) is 3.05. The van der Waals surface area contributed by atoms with Crippen LogP contribution in [0.1, 0.15) is 31.4 Å². The Kier molecular flexibility index (Phi) is 5.95. The van der Waals surface area contributed by atoms with Crippen LogP contribution in [0, 0.1) is 0 Å². The molecule has 0 spiro atoms. The van der Waals surface area contributed by atoms with E-state index in [2.05, 4.69) is 17.6 Å². The lowest BCUT2D eigenvalue weighted by Gasteiger charge is -2.30. The minimum atomic E-state index is -0.687. The van der Waals surface area contributed by atoms with Gasteiger partial charge in [0.05, 0.1) is 0 Å². The number of halogens is 1. The van der Waals surface area contributed by atoms with Crippen molar-refractivity contribution in [2.24, 2.45) is 0 Å². The van der Waals surface area contributed by atoms with Gasteiger partial charge in [-0.25, -0.2) is 0 Å². The molecule has 25 heavy (non-hydrogen) atoms. The van der Waals surface area contributed by atoms with Crippen LogP contribution in [0.2, 0.25) is 5.02 Å². The molecule has 5 heteroatoms. The molecule has 4 nitrogen and oxygen atoms in total. The minimum absolute atomic E-state index is 0.111. The van der Waals surface area contributed by atoms with Crippen LogP contribution in [0.25, 0.3) is 0 Å². The first-order chi connectivity index (χ1) is 12.1. The van der Waals surface area contributed by atoms with Gasteiger partial charge in [-0.2, -0.15) is 0 Å². The number of carbonyl (C=O) groups is 1. The maximum atomic E-state index is 12.9. The van der Waals surface area contributed by atoms with Crippen LogP contribution in [0.15, 0.2) is 54.6 Å². The third-order valence-corrected chi connectivity index (χ3v) is 4.63. The number of benzene rings is 2. The van der Waals surface area contributed by atoms with Gasteiger partial charge in [0.2, 0.25) is 6.10 Å². The van der Waals surface area contributed by atoms with Crippen molar-refractivity contribution in [1.82, 2.24) is 10.6 Å². The summed E-state index contributed by atoms with van der Waals surface area (Å²) in [6.07, 6.45) is 1.17. The molecule has 3 atom stereocenters. The molecular formula is C20H23ClN2O2. The monoisotopic (exact) mass is 358 g/mol. The van der Waals surface area contributed by atoms with Crippen molar-refractivity contribution in [3.8, 4) is 5.75 Å². The second-order valence-electron chi connectivity index (χ2n) is 6.45. The molecule has 0 bridgehead atoms. The fraction of sp³-hybridized carbons (Fsp3) is 0.350. The molecule has 0 aliphatic carbocycles. The molecule has 1 aliphatic heterocycles. The Morgan fingerprint density at radius 3 is 2.60 bits per heavy atom. The summed E-state index contributed by atoms with van der Waals surface area (Å²) >= 11 is 5.93. The van der Waals surface area contributed by atoms with E-state index in [-0.39, 0.29) is 11.9 Å². The quantitative estimate of drug-likeness (QED) is 0.856. The van der Waals surface area contributed by atoms with Crippen LogP contribution in [0.4, 0.5) is 0 Å². The van der Waals surface area contributed by atoms with Gasteiger partial charge in [-0.3, -0.25) is 4.79 Å². The molecule has 1 saturated heterocycles. The van der Waals surface area contributed by atoms with Gasteiger partial charge in [0, 0.05) is 22.7 Å². The van der Waals surface area contributed by atoms with Crippen LogP contribution in [0.3, 0.4) is 0 Å². The summed E-state index contributed by atoms with van der Waals surface area (Å²) in [5.74, 6) is 0.507. The van der Waals surface area contributed by atoms with E-state index < -0.39 is 6.10 Å². The predicted octanol–water partition coefficient (Wildman–Crippen LogP) is 3.72. The molecule has 2 N–H and O–H groups in total. The lowest BCUT2D eigenvalue weighted by atomic mass is 10.00. The van der Waals surface area contributed by atoms with E-state index in [1.54, 1.807) is 24.3 Å². The van der Waals surface area contributed by atoms with E-state index in [0.29, 0.717) is 16.8 Å². The topological polar surface area (TPSA) is 50.4 Å². The van der Waals surface area contributed by atoms with Crippen LogP contribution >= 0.6 is 11.6 Å². The Morgan fingerprint density at radius 1 is 1.20 bits per heavy atom. The third kappa shape index (κ3) is 4.97. The van der Waals surface area contributed by atoms with Gasteiger partial charge in [-0.05, 0) is 50.6 Å². The fourth-order valence-electron chi connectivity index (χ4n) is 3.09. The second-order valence-corrected chi connectivity index (χ2v) is 6.88. The number of nitrogens with one attached hydrogen (secondary N) is 2. The molecule has 3 unspecified atom stereocenters. The van der Waals surface area contributed by atoms with E-state index in [0.717, 1.165) is 24.9 Å². The summed E-state index contributed by atoms with van der Waals surface area (Å²) in [5, 5.41) is 7.18. The number of amides is 1. The second kappa shape index (κ2) is 8.37. The van der Waals surface area contributed by atoms with Crippen LogP contribution in [-0.2, 0) is 4.79 Å². The van der Waals surface area contributed by atoms with Crippen molar-refractivity contribution in [2.75, 3.05) is 6.54 Å². The average molecular weight is 359 g/mol. The SMILES string of the molecule is CC1CC(NC(=O)C(Oc2ccc(Cl)cc2)c2ccccc2)CCN1. The normalized spacial score (nSPS) is 21.4. The van der Waals surface area contributed by atoms with Crippen molar-refractivity contribution >= 4 is 17.5 Å². The van der Waals surface area contributed by atoms with Crippen LogP contribution < -0.4 is 15.4 Å². The lowest BCUT2D eigenvalue weighted by molar-refractivity contribution is -0.129. The Hall–Kier alpha value is -2.04. The van der Waals surface area contributed by atoms with E-state index in [9.17, 15) is 4.79 Å². The Bertz CT molecular complexity index is 691. The largest absolute Gasteiger partial charge is 0.476 e. The standard InChI is InChI=1S/C20H23ClN2O2/c1-14-13-17(11-12-22-14)23-20(24)19(15-5-3-2-4-6-15)25-18-9-7-16(21)8-10-18/h2-10,14,17,19,22H,11-13H2,1H3,(H,23,24). The highest BCUT2D eigenvalue weighted by molar-refractivity contribution is 6.30. The van der Waals surface area contributed by atoms with Crippen molar-refractivity contribution in [1.29, 1.82) is 0 Å². The predicted molar refractivity (Wildman–Crippen MR) is 99.9 cm³/mol. The smallest absolute Gasteiger partial charge is 0.266 e. The number of hydrogen-bond acceptors (Lipinski definition) is 3. The highest BCUT2D eigenvalue weighted by Crippen LogP contribution is 2.24. The Morgan fingerprint density at radius 2 is 1.92 bits per heavy atom. The summed E-state index contributed by atoms with van der Waals surface area (Å²) in [5.41, 5.74) is 0.830. The first kappa shape index (κ1) is 17.8. The van der Waals surface area contributed by atoms with Gasteiger partial charge in [-0.1, -0.05) is 41.9 Å². The molecule has 0 radical (unpaired) electrons.